The maximum Gasteiger partial charge on any atom is 0.490 e. The maximum atomic E-state index is 13.7. The number of amides is 1. The third-order valence-corrected chi connectivity index (χ3v) is 3.76. The van der Waals surface area contributed by atoms with Crippen LogP contribution in [0, 0.1) is 23.3 Å². The third-order valence-electron chi connectivity index (χ3n) is 3.76. The molecule has 0 radical (unpaired) electrons. The monoisotopic (exact) mass is 470 g/mol. The molecule has 0 spiro atoms. The molecule has 13 heteroatoms. The largest absolute Gasteiger partial charge is 0.490 e. The average Bonchev–Trinajstić information content (AvgIpc) is 2.65. The van der Waals surface area contributed by atoms with Gasteiger partial charge in [-0.25, -0.2) is 22.4 Å². The van der Waals surface area contributed by atoms with Gasteiger partial charge in [0.05, 0.1) is 6.04 Å². The lowest BCUT2D eigenvalue weighted by Gasteiger charge is -2.18. The van der Waals surface area contributed by atoms with E-state index in [4.69, 9.17) is 20.4 Å². The molecule has 2 unspecified atom stereocenters. The molecule has 176 valence electrons. The topological polar surface area (TPSA) is 102 Å². The Bertz CT molecular complexity index is 934. The van der Waals surface area contributed by atoms with Crippen molar-refractivity contribution in [2.45, 2.75) is 18.3 Å². The summed E-state index contributed by atoms with van der Waals surface area (Å²) in [6, 6.07) is 4.58. The predicted octanol–water partition coefficient (Wildman–Crippen LogP) is 3.38. The van der Waals surface area contributed by atoms with E-state index in [0.29, 0.717) is 12.1 Å². The minimum Gasteiger partial charge on any atom is -0.475 e. The molecule has 2 aromatic carbocycles. The number of nitrogens with one attached hydrogen (secondary N) is 1. The van der Waals surface area contributed by atoms with Gasteiger partial charge in [0.25, 0.3) is 5.91 Å². The second-order valence-electron chi connectivity index (χ2n) is 6.14. The molecule has 32 heavy (non-hydrogen) atoms. The zero-order valence-electron chi connectivity index (χ0n) is 16.2. The molecular weight excluding hydrogens is 453 g/mol. The first-order chi connectivity index (χ1) is 14.8. The minimum atomic E-state index is -5.08. The van der Waals surface area contributed by atoms with Gasteiger partial charge in [0, 0.05) is 31.4 Å². The number of aliphatic carboxylic acids is 1. The normalized spacial score (nSPS) is 12.9. The second-order valence-corrected chi connectivity index (χ2v) is 6.14. The molecule has 0 aliphatic rings. The SMILES string of the molecule is COC(C(=O)NCC(N)c1ccc(F)cc1F)c1cc(F)cc(F)c1.O=C(O)C(F)(F)F. The standard InChI is InChI=1S/C17H16F4N2O2.C2HF3O2/c1-25-16(9-4-11(19)6-12(20)5-9)17(24)23-8-15(22)13-3-2-10(18)7-14(13)21;3-2(4,5)1(6)7/h2-7,15-16H,8,22H2,1H3,(H,23,24);(H,6,7). The second kappa shape index (κ2) is 11.4. The van der Waals surface area contributed by atoms with Gasteiger partial charge in [-0.15, -0.1) is 0 Å². The van der Waals surface area contributed by atoms with Gasteiger partial charge in [-0.1, -0.05) is 6.07 Å². The molecule has 0 aromatic heterocycles. The van der Waals surface area contributed by atoms with Crippen molar-refractivity contribution in [3.63, 3.8) is 0 Å². The Hall–Kier alpha value is -3.19. The zero-order valence-corrected chi connectivity index (χ0v) is 16.2. The summed E-state index contributed by atoms with van der Waals surface area (Å²) < 4.78 is 89.8. The average molecular weight is 470 g/mol. The number of hydrogen-bond acceptors (Lipinski definition) is 4. The summed E-state index contributed by atoms with van der Waals surface area (Å²) in [5.41, 5.74) is 5.79. The number of nitrogens with two attached hydrogens (primary N) is 1. The van der Waals surface area contributed by atoms with Crippen LogP contribution >= 0.6 is 0 Å². The van der Waals surface area contributed by atoms with Crippen molar-refractivity contribution < 1.29 is 50.2 Å². The number of benzene rings is 2. The molecule has 0 aliphatic heterocycles. The Morgan fingerprint density at radius 2 is 1.56 bits per heavy atom. The first kappa shape index (κ1) is 26.8. The number of methoxy groups -OCH3 is 1. The van der Waals surface area contributed by atoms with Crippen LogP contribution in [0.25, 0.3) is 0 Å². The molecular formula is C19H17F7N2O4. The Kier molecular flexibility index (Phi) is 9.59. The van der Waals surface area contributed by atoms with E-state index in [9.17, 15) is 35.5 Å². The van der Waals surface area contributed by atoms with E-state index < -0.39 is 53.5 Å². The minimum absolute atomic E-state index is 0.0148. The van der Waals surface area contributed by atoms with Gasteiger partial charge in [0.2, 0.25) is 0 Å². The Morgan fingerprint density at radius 1 is 1.03 bits per heavy atom. The van der Waals surface area contributed by atoms with Gasteiger partial charge in [-0.05, 0) is 23.8 Å². The van der Waals surface area contributed by atoms with E-state index in [-0.39, 0.29) is 17.7 Å². The maximum absolute atomic E-state index is 13.7. The van der Waals surface area contributed by atoms with Gasteiger partial charge in [-0.2, -0.15) is 13.2 Å². The van der Waals surface area contributed by atoms with Gasteiger partial charge in [-0.3, -0.25) is 4.79 Å². The Balaban J connectivity index is 0.000000633. The van der Waals surface area contributed by atoms with Crippen molar-refractivity contribution >= 4 is 11.9 Å². The summed E-state index contributed by atoms with van der Waals surface area (Å²) >= 11 is 0. The summed E-state index contributed by atoms with van der Waals surface area (Å²) in [7, 11) is 1.20. The van der Waals surface area contributed by atoms with Crippen LogP contribution in [0.1, 0.15) is 23.3 Å². The number of carbonyl (C=O) groups excluding carboxylic acids is 1. The highest BCUT2D eigenvalue weighted by Gasteiger charge is 2.38. The van der Waals surface area contributed by atoms with Gasteiger partial charge >= 0.3 is 12.1 Å². The highest BCUT2D eigenvalue weighted by molar-refractivity contribution is 5.82. The molecule has 6 nitrogen and oxygen atoms in total. The molecule has 0 saturated heterocycles. The first-order valence-corrected chi connectivity index (χ1v) is 8.53. The van der Waals surface area contributed by atoms with Crippen LogP contribution in [0.3, 0.4) is 0 Å². The van der Waals surface area contributed by atoms with Crippen LogP contribution in [0.15, 0.2) is 36.4 Å². The van der Waals surface area contributed by atoms with E-state index >= 15 is 0 Å². The smallest absolute Gasteiger partial charge is 0.475 e. The molecule has 2 atom stereocenters. The van der Waals surface area contributed by atoms with E-state index in [0.717, 1.165) is 18.2 Å². The fourth-order valence-electron chi connectivity index (χ4n) is 2.34. The van der Waals surface area contributed by atoms with Crippen molar-refractivity contribution in [2.75, 3.05) is 13.7 Å². The quantitative estimate of drug-likeness (QED) is 0.562. The summed E-state index contributed by atoms with van der Waals surface area (Å²) in [6.07, 6.45) is -6.35. The lowest BCUT2D eigenvalue weighted by molar-refractivity contribution is -0.192. The van der Waals surface area contributed by atoms with Crippen LogP contribution in [-0.2, 0) is 14.3 Å². The number of carboxylic acids is 1. The van der Waals surface area contributed by atoms with Crippen LogP contribution in [0.4, 0.5) is 30.7 Å². The molecule has 0 saturated carbocycles. The van der Waals surface area contributed by atoms with E-state index in [2.05, 4.69) is 5.32 Å². The number of alkyl halides is 3. The highest BCUT2D eigenvalue weighted by Crippen LogP contribution is 2.20. The predicted molar refractivity (Wildman–Crippen MR) is 96.1 cm³/mol. The molecule has 0 bridgehead atoms. The number of hydrogen-bond donors (Lipinski definition) is 3. The van der Waals surface area contributed by atoms with Crippen LogP contribution in [0.2, 0.25) is 0 Å². The van der Waals surface area contributed by atoms with Crippen LogP contribution in [-0.4, -0.2) is 36.8 Å². The molecule has 2 aromatic rings. The number of rotatable bonds is 6. The Labute approximate surface area is 176 Å². The summed E-state index contributed by atoms with van der Waals surface area (Å²) in [5.74, 6) is -6.75. The van der Waals surface area contributed by atoms with Gasteiger partial charge in [0.1, 0.15) is 23.3 Å². The van der Waals surface area contributed by atoms with Crippen LogP contribution < -0.4 is 11.1 Å². The van der Waals surface area contributed by atoms with Gasteiger partial charge in [0.15, 0.2) is 6.10 Å². The lowest BCUT2D eigenvalue weighted by atomic mass is 10.1. The first-order valence-electron chi connectivity index (χ1n) is 8.53. The molecule has 0 aliphatic carbocycles. The fraction of sp³-hybridized carbons (Fsp3) is 0.263. The molecule has 1 amide bonds. The summed E-state index contributed by atoms with van der Waals surface area (Å²) in [6.45, 7) is -0.182. The van der Waals surface area contributed by atoms with E-state index in [1.165, 1.54) is 13.2 Å². The zero-order chi connectivity index (χ0) is 24.6. The summed E-state index contributed by atoms with van der Waals surface area (Å²) in [4.78, 5) is 21.1. The van der Waals surface area contributed by atoms with E-state index in [1.54, 1.807) is 0 Å². The third kappa shape index (κ3) is 8.15. The molecule has 0 heterocycles. The van der Waals surface area contributed by atoms with Gasteiger partial charge < -0.3 is 20.9 Å². The van der Waals surface area contributed by atoms with Crippen molar-refractivity contribution in [3.05, 3.63) is 70.8 Å². The molecule has 2 rings (SSSR count). The van der Waals surface area contributed by atoms with Crippen molar-refractivity contribution in [2.24, 2.45) is 5.73 Å². The molecule has 4 N–H and O–H groups in total. The number of carbonyl (C=O) groups is 2. The van der Waals surface area contributed by atoms with E-state index in [1.807, 2.05) is 0 Å². The van der Waals surface area contributed by atoms with Crippen molar-refractivity contribution in [1.29, 1.82) is 0 Å². The van der Waals surface area contributed by atoms with Crippen molar-refractivity contribution in [1.82, 2.24) is 5.32 Å². The molecule has 0 fully saturated rings. The fourth-order valence-corrected chi connectivity index (χ4v) is 2.34. The number of ether oxygens (including phenoxy) is 1. The highest BCUT2D eigenvalue weighted by atomic mass is 19.4. The lowest BCUT2D eigenvalue weighted by Crippen LogP contribution is -2.36. The number of halogens is 7. The summed E-state index contributed by atoms with van der Waals surface area (Å²) in [5, 5.41) is 9.54. The van der Waals surface area contributed by atoms with Crippen LogP contribution in [0.5, 0.6) is 0 Å². The van der Waals surface area contributed by atoms with Crippen molar-refractivity contribution in [3.8, 4) is 0 Å². The Morgan fingerprint density at radius 3 is 2.00 bits per heavy atom. The number of carboxylic acid groups (broad SMARTS) is 1.